The molecule has 0 fully saturated rings. The number of rotatable bonds is 1. The summed E-state index contributed by atoms with van der Waals surface area (Å²) in [6.45, 7) is 1.78. The number of fused-ring (bicyclic) bond motifs is 1. The van der Waals surface area contributed by atoms with Gasteiger partial charge in [0.2, 0.25) is 0 Å². The summed E-state index contributed by atoms with van der Waals surface area (Å²) in [7, 11) is 0. The van der Waals surface area contributed by atoms with Crippen molar-refractivity contribution >= 4 is 22.7 Å². The maximum absolute atomic E-state index is 13.3. The van der Waals surface area contributed by atoms with Gasteiger partial charge in [-0.25, -0.2) is 4.39 Å². The molecule has 0 spiro atoms. The van der Waals surface area contributed by atoms with Crippen LogP contribution in [0.3, 0.4) is 0 Å². The zero-order valence-corrected chi connectivity index (χ0v) is 10.1. The van der Waals surface area contributed by atoms with E-state index in [-0.39, 0.29) is 5.82 Å². The van der Waals surface area contributed by atoms with Gasteiger partial charge >= 0.3 is 0 Å². The summed E-state index contributed by atoms with van der Waals surface area (Å²) in [4.78, 5) is 3.62. The van der Waals surface area contributed by atoms with Gasteiger partial charge in [0.15, 0.2) is 0 Å². The highest BCUT2D eigenvalue weighted by Crippen LogP contribution is 2.29. The van der Waals surface area contributed by atoms with Gasteiger partial charge in [-0.2, -0.15) is 0 Å². The Labute approximate surface area is 103 Å². The quantitative estimate of drug-likeness (QED) is 0.786. The third kappa shape index (κ3) is 2.00. The van der Waals surface area contributed by atoms with E-state index in [0.29, 0.717) is 5.69 Å². The molecule has 3 rings (SSSR count). The average Bonchev–Trinajstić information content (AvgIpc) is 2.74. The van der Waals surface area contributed by atoms with Crippen LogP contribution >= 0.6 is 11.3 Å². The van der Waals surface area contributed by atoms with E-state index < -0.39 is 0 Å². The standard InChI is InChI=1S/C13H13FN2S/c14-10-5-11(15)7-12(6-10)16-3-1-13-9(8-16)2-4-17-13/h2,4-7H,1,3,8,15H2. The summed E-state index contributed by atoms with van der Waals surface area (Å²) in [5, 5.41) is 2.12. The third-order valence-corrected chi connectivity index (χ3v) is 4.10. The Balaban J connectivity index is 1.91. The largest absolute Gasteiger partial charge is 0.399 e. The van der Waals surface area contributed by atoms with Crippen molar-refractivity contribution in [3.63, 3.8) is 0 Å². The van der Waals surface area contributed by atoms with Crippen LogP contribution in [0.1, 0.15) is 10.4 Å². The summed E-state index contributed by atoms with van der Waals surface area (Å²) < 4.78 is 13.3. The first-order valence-electron chi connectivity index (χ1n) is 5.58. The van der Waals surface area contributed by atoms with Gasteiger partial charge in [0, 0.05) is 29.3 Å². The van der Waals surface area contributed by atoms with Gasteiger partial charge in [-0.1, -0.05) is 0 Å². The molecule has 1 aromatic heterocycles. The molecule has 2 nitrogen and oxygen atoms in total. The van der Waals surface area contributed by atoms with Crippen molar-refractivity contribution in [3.05, 3.63) is 45.9 Å². The first-order chi connectivity index (χ1) is 8.22. The van der Waals surface area contributed by atoms with Crippen molar-refractivity contribution in [1.82, 2.24) is 0 Å². The molecule has 2 aromatic rings. The molecule has 1 aliphatic heterocycles. The van der Waals surface area contributed by atoms with Crippen LogP contribution in [0.2, 0.25) is 0 Å². The predicted octanol–water partition coefficient (Wildman–Crippen LogP) is 3.03. The van der Waals surface area contributed by atoms with E-state index in [1.807, 2.05) is 6.07 Å². The Hall–Kier alpha value is -1.55. The number of hydrogen-bond donors (Lipinski definition) is 1. The van der Waals surface area contributed by atoms with Crippen molar-refractivity contribution in [2.45, 2.75) is 13.0 Å². The number of nitrogens with zero attached hydrogens (tertiary/aromatic N) is 1. The van der Waals surface area contributed by atoms with Crippen LogP contribution in [0.4, 0.5) is 15.8 Å². The van der Waals surface area contributed by atoms with E-state index in [0.717, 1.165) is 25.2 Å². The Morgan fingerprint density at radius 1 is 1.29 bits per heavy atom. The summed E-state index contributed by atoms with van der Waals surface area (Å²) in [5.41, 5.74) is 8.38. The molecular weight excluding hydrogens is 235 g/mol. The number of hydrogen-bond acceptors (Lipinski definition) is 3. The zero-order chi connectivity index (χ0) is 11.8. The summed E-state index contributed by atoms with van der Waals surface area (Å²) in [6.07, 6.45) is 1.03. The van der Waals surface area contributed by atoms with Gasteiger partial charge in [-0.05, 0) is 41.6 Å². The van der Waals surface area contributed by atoms with E-state index in [4.69, 9.17) is 5.73 Å². The van der Waals surface area contributed by atoms with Crippen molar-refractivity contribution in [1.29, 1.82) is 0 Å². The molecule has 1 aromatic carbocycles. The second-order valence-electron chi connectivity index (χ2n) is 4.28. The van der Waals surface area contributed by atoms with Gasteiger partial charge < -0.3 is 10.6 Å². The number of anilines is 2. The van der Waals surface area contributed by atoms with Crippen LogP contribution in [0.15, 0.2) is 29.6 Å². The molecule has 0 atom stereocenters. The predicted molar refractivity (Wildman–Crippen MR) is 69.9 cm³/mol. The van der Waals surface area contributed by atoms with Crippen molar-refractivity contribution in [3.8, 4) is 0 Å². The molecule has 88 valence electrons. The third-order valence-electron chi connectivity index (χ3n) is 3.08. The van der Waals surface area contributed by atoms with Gasteiger partial charge in [0.25, 0.3) is 0 Å². The van der Waals surface area contributed by atoms with Crippen LogP contribution in [0.5, 0.6) is 0 Å². The number of nitrogen functional groups attached to an aromatic ring is 1. The second kappa shape index (κ2) is 4.04. The maximum atomic E-state index is 13.3. The van der Waals surface area contributed by atoms with Gasteiger partial charge in [-0.3, -0.25) is 0 Å². The lowest BCUT2D eigenvalue weighted by Gasteiger charge is -2.29. The Kier molecular flexibility index (Phi) is 2.52. The van der Waals surface area contributed by atoms with Crippen LogP contribution < -0.4 is 10.6 Å². The van der Waals surface area contributed by atoms with E-state index in [1.165, 1.54) is 16.5 Å². The highest BCUT2D eigenvalue weighted by Gasteiger charge is 2.18. The van der Waals surface area contributed by atoms with Crippen molar-refractivity contribution in [2.24, 2.45) is 0 Å². The van der Waals surface area contributed by atoms with Gasteiger partial charge in [0.1, 0.15) is 5.82 Å². The minimum atomic E-state index is -0.267. The molecule has 1 aliphatic rings. The number of thiophene rings is 1. The van der Waals surface area contributed by atoms with Crippen molar-refractivity contribution in [2.75, 3.05) is 17.2 Å². The fraction of sp³-hybridized carbons (Fsp3) is 0.231. The molecule has 17 heavy (non-hydrogen) atoms. The number of halogens is 1. The lowest BCUT2D eigenvalue weighted by Crippen LogP contribution is -2.29. The molecule has 0 bridgehead atoms. The Morgan fingerprint density at radius 2 is 2.18 bits per heavy atom. The molecule has 0 amide bonds. The first kappa shape index (κ1) is 10.6. The molecule has 0 radical (unpaired) electrons. The highest BCUT2D eigenvalue weighted by molar-refractivity contribution is 7.10. The molecular formula is C13H13FN2S. The fourth-order valence-electron chi connectivity index (χ4n) is 2.25. The van der Waals surface area contributed by atoms with E-state index in [2.05, 4.69) is 16.3 Å². The molecule has 2 heterocycles. The topological polar surface area (TPSA) is 29.3 Å². The van der Waals surface area contributed by atoms with Gasteiger partial charge in [-0.15, -0.1) is 11.3 Å². The van der Waals surface area contributed by atoms with Crippen LogP contribution in [0, 0.1) is 5.82 Å². The monoisotopic (exact) mass is 248 g/mol. The van der Waals surface area contributed by atoms with E-state index in [1.54, 1.807) is 17.4 Å². The molecule has 0 saturated heterocycles. The summed E-state index contributed by atoms with van der Waals surface area (Å²) in [6, 6.07) is 6.88. The second-order valence-corrected chi connectivity index (χ2v) is 5.28. The lowest BCUT2D eigenvalue weighted by molar-refractivity contribution is 0.626. The molecule has 0 aliphatic carbocycles. The lowest BCUT2D eigenvalue weighted by atomic mass is 10.1. The fourth-order valence-corrected chi connectivity index (χ4v) is 3.14. The summed E-state index contributed by atoms with van der Waals surface area (Å²) >= 11 is 1.80. The smallest absolute Gasteiger partial charge is 0.127 e. The maximum Gasteiger partial charge on any atom is 0.127 e. The Bertz CT molecular complexity index is 530. The normalized spacial score (nSPS) is 14.8. The molecule has 4 heteroatoms. The molecule has 0 unspecified atom stereocenters. The van der Waals surface area contributed by atoms with Crippen molar-refractivity contribution < 1.29 is 4.39 Å². The van der Waals surface area contributed by atoms with E-state index in [9.17, 15) is 4.39 Å². The minimum Gasteiger partial charge on any atom is -0.399 e. The van der Waals surface area contributed by atoms with Crippen LogP contribution in [0.25, 0.3) is 0 Å². The number of nitrogens with two attached hydrogens (primary N) is 1. The Morgan fingerprint density at radius 3 is 3.00 bits per heavy atom. The van der Waals surface area contributed by atoms with Crippen LogP contribution in [-0.4, -0.2) is 6.54 Å². The average molecular weight is 248 g/mol. The van der Waals surface area contributed by atoms with Gasteiger partial charge in [0.05, 0.1) is 0 Å². The zero-order valence-electron chi connectivity index (χ0n) is 9.32. The highest BCUT2D eigenvalue weighted by atomic mass is 32.1. The van der Waals surface area contributed by atoms with E-state index >= 15 is 0 Å². The van der Waals surface area contributed by atoms with Crippen LogP contribution in [-0.2, 0) is 13.0 Å². The molecule has 0 saturated carbocycles. The number of benzene rings is 1. The molecule has 2 N–H and O–H groups in total. The summed E-state index contributed by atoms with van der Waals surface area (Å²) in [5.74, 6) is -0.267. The SMILES string of the molecule is Nc1cc(F)cc(N2CCc3sccc3C2)c1. The first-order valence-corrected chi connectivity index (χ1v) is 6.46. The minimum absolute atomic E-state index is 0.267.